The number of fused-ring (bicyclic) bond motifs is 1. The van der Waals surface area contributed by atoms with Gasteiger partial charge in [-0.1, -0.05) is 18.2 Å². The Bertz CT molecular complexity index is 1170. The number of amidine groups is 1. The summed E-state index contributed by atoms with van der Waals surface area (Å²) in [4.78, 5) is 32.2. The molecule has 1 aliphatic carbocycles. The zero-order valence-electron chi connectivity index (χ0n) is 18.2. The van der Waals surface area contributed by atoms with Crippen molar-refractivity contribution in [2.24, 2.45) is 16.6 Å². The normalized spacial score (nSPS) is 15.5. The van der Waals surface area contributed by atoms with Gasteiger partial charge < -0.3 is 16.2 Å². The van der Waals surface area contributed by atoms with Gasteiger partial charge in [0.15, 0.2) is 0 Å². The number of benzene rings is 2. The summed E-state index contributed by atoms with van der Waals surface area (Å²) in [5.74, 6) is -0.436. The van der Waals surface area contributed by atoms with E-state index < -0.39 is 5.97 Å². The number of nitrogens with zero attached hydrogens (tertiary/aromatic N) is 2. The fourth-order valence-corrected chi connectivity index (χ4v) is 4.08. The first kappa shape index (κ1) is 22.2. The number of rotatable bonds is 7. The highest BCUT2D eigenvalue weighted by Gasteiger charge is 2.21. The number of nitrogens with one attached hydrogen (secondary N) is 1. The molecule has 4 rings (SSSR count). The van der Waals surface area contributed by atoms with Crippen molar-refractivity contribution in [2.75, 3.05) is 5.32 Å². The smallest absolute Gasteiger partial charge is 0.303 e. The second-order valence-corrected chi connectivity index (χ2v) is 8.28. The van der Waals surface area contributed by atoms with Crippen molar-refractivity contribution in [3.63, 3.8) is 0 Å². The van der Waals surface area contributed by atoms with Crippen molar-refractivity contribution in [3.8, 4) is 0 Å². The molecule has 1 atom stereocenters. The van der Waals surface area contributed by atoms with Crippen LogP contribution in [0, 0.1) is 5.92 Å². The molecule has 7 heteroatoms. The lowest BCUT2D eigenvalue weighted by molar-refractivity contribution is -0.138. The number of amides is 1. The molecule has 0 radical (unpaired) electrons. The van der Waals surface area contributed by atoms with Gasteiger partial charge in [-0.25, -0.2) is 0 Å². The average Bonchev–Trinajstić information content (AvgIpc) is 2.82. The highest BCUT2D eigenvalue weighted by atomic mass is 16.4. The summed E-state index contributed by atoms with van der Waals surface area (Å²) in [6, 6.07) is 16.7. The number of hydrogen-bond acceptors (Lipinski definition) is 4. The molecule has 1 unspecified atom stereocenters. The quantitative estimate of drug-likeness (QED) is 0.380. The van der Waals surface area contributed by atoms with Crippen LogP contribution in [0.25, 0.3) is 0 Å². The largest absolute Gasteiger partial charge is 0.481 e. The molecule has 3 aromatic rings. The minimum Gasteiger partial charge on any atom is -0.481 e. The number of carboxylic acid groups (broad SMARTS) is 1. The lowest BCUT2D eigenvalue weighted by Gasteiger charge is -2.24. The molecule has 168 valence electrons. The molecule has 4 N–H and O–H groups in total. The molecule has 7 nitrogen and oxygen atoms in total. The first-order chi connectivity index (χ1) is 16.0. The molecule has 0 saturated carbocycles. The van der Waals surface area contributed by atoms with Crippen molar-refractivity contribution in [3.05, 3.63) is 94.8 Å². The number of anilines is 1. The van der Waals surface area contributed by atoms with Crippen LogP contribution in [-0.2, 0) is 24.2 Å². The molecule has 1 heterocycles. The number of aliphatic imine (C=N–C) groups is 1. The van der Waals surface area contributed by atoms with Crippen LogP contribution >= 0.6 is 0 Å². The molecule has 2 aromatic carbocycles. The third-order valence-corrected chi connectivity index (χ3v) is 5.88. The zero-order chi connectivity index (χ0) is 23.2. The molecule has 0 bridgehead atoms. The summed E-state index contributed by atoms with van der Waals surface area (Å²) in [6.45, 7) is 0.461. The van der Waals surface area contributed by atoms with Crippen LogP contribution in [0.2, 0.25) is 0 Å². The van der Waals surface area contributed by atoms with Crippen molar-refractivity contribution >= 4 is 23.4 Å². The Balaban J connectivity index is 1.39. The van der Waals surface area contributed by atoms with Crippen LogP contribution in [0.5, 0.6) is 0 Å². The van der Waals surface area contributed by atoms with E-state index in [0.29, 0.717) is 23.6 Å². The van der Waals surface area contributed by atoms with E-state index in [1.807, 2.05) is 30.3 Å². The van der Waals surface area contributed by atoms with Gasteiger partial charge in [-0.3, -0.25) is 19.6 Å². The van der Waals surface area contributed by atoms with Crippen LogP contribution in [0.3, 0.4) is 0 Å². The lowest BCUT2D eigenvalue weighted by Crippen LogP contribution is -2.18. The second-order valence-electron chi connectivity index (χ2n) is 8.28. The topological polar surface area (TPSA) is 118 Å². The Morgan fingerprint density at radius 1 is 1.03 bits per heavy atom. The molecule has 0 fully saturated rings. The summed E-state index contributed by atoms with van der Waals surface area (Å²) >= 11 is 0. The minimum absolute atomic E-state index is 0.138. The van der Waals surface area contributed by atoms with E-state index in [-0.39, 0.29) is 18.2 Å². The molecule has 1 amide bonds. The van der Waals surface area contributed by atoms with Crippen molar-refractivity contribution < 1.29 is 14.7 Å². The van der Waals surface area contributed by atoms with E-state index in [0.717, 1.165) is 36.0 Å². The lowest BCUT2D eigenvalue weighted by atomic mass is 9.82. The second kappa shape index (κ2) is 10.1. The SMILES string of the molecule is NC(=NCc1ccncc1)c1ccc(C(=O)Nc2ccc3c(c2)CC(CC(=O)O)CC3)cc1. The maximum atomic E-state index is 12.7. The molecule has 1 aliphatic rings. The van der Waals surface area contributed by atoms with Crippen LogP contribution in [0.15, 0.2) is 72.0 Å². The van der Waals surface area contributed by atoms with E-state index in [2.05, 4.69) is 15.3 Å². The summed E-state index contributed by atoms with van der Waals surface area (Å²) in [5.41, 5.74) is 11.4. The predicted octanol–water partition coefficient (Wildman–Crippen LogP) is 3.82. The van der Waals surface area contributed by atoms with Gasteiger partial charge in [0, 0.05) is 35.6 Å². The number of carboxylic acids is 1. The number of carbonyl (C=O) groups is 2. The Morgan fingerprint density at radius 3 is 2.48 bits per heavy atom. The summed E-state index contributed by atoms with van der Waals surface area (Å²) < 4.78 is 0. The number of pyridine rings is 1. The third kappa shape index (κ3) is 5.83. The fourth-order valence-electron chi connectivity index (χ4n) is 4.08. The van der Waals surface area contributed by atoms with Crippen molar-refractivity contribution in [2.45, 2.75) is 32.2 Å². The molecular formula is C26H26N4O3. The highest BCUT2D eigenvalue weighted by molar-refractivity contribution is 6.05. The van der Waals surface area contributed by atoms with Gasteiger partial charge in [-0.15, -0.1) is 0 Å². The average molecular weight is 443 g/mol. The van der Waals surface area contributed by atoms with Gasteiger partial charge >= 0.3 is 5.97 Å². The van der Waals surface area contributed by atoms with Crippen molar-refractivity contribution in [1.29, 1.82) is 0 Å². The van der Waals surface area contributed by atoms with E-state index in [1.54, 1.807) is 36.7 Å². The Morgan fingerprint density at radius 2 is 1.76 bits per heavy atom. The molecular weight excluding hydrogens is 416 g/mol. The number of aromatic nitrogens is 1. The number of hydrogen-bond donors (Lipinski definition) is 3. The molecule has 0 saturated heterocycles. The van der Waals surface area contributed by atoms with Gasteiger partial charge in [-0.2, -0.15) is 0 Å². The molecule has 1 aromatic heterocycles. The third-order valence-electron chi connectivity index (χ3n) is 5.88. The summed E-state index contributed by atoms with van der Waals surface area (Å²) in [6.07, 6.45) is 6.08. The van der Waals surface area contributed by atoms with Gasteiger partial charge in [0.2, 0.25) is 0 Å². The van der Waals surface area contributed by atoms with Gasteiger partial charge in [-0.05, 0) is 78.3 Å². The first-order valence-corrected chi connectivity index (χ1v) is 10.9. The van der Waals surface area contributed by atoms with Crippen LogP contribution in [0.1, 0.15) is 45.5 Å². The van der Waals surface area contributed by atoms with Crippen molar-refractivity contribution in [1.82, 2.24) is 4.98 Å². The van der Waals surface area contributed by atoms with Gasteiger partial charge in [0.05, 0.1) is 6.54 Å². The molecule has 33 heavy (non-hydrogen) atoms. The summed E-state index contributed by atoms with van der Waals surface area (Å²) in [7, 11) is 0. The predicted molar refractivity (Wildman–Crippen MR) is 127 cm³/mol. The Kier molecular flexibility index (Phi) is 6.78. The van der Waals surface area contributed by atoms with Crippen LogP contribution in [0.4, 0.5) is 5.69 Å². The number of carbonyl (C=O) groups excluding carboxylic acids is 1. The van der Waals surface area contributed by atoms with Crippen LogP contribution in [-0.4, -0.2) is 27.8 Å². The fraction of sp³-hybridized carbons (Fsp3) is 0.231. The number of aliphatic carboxylic acids is 1. The molecule has 0 spiro atoms. The van der Waals surface area contributed by atoms with Gasteiger partial charge in [0.1, 0.15) is 5.84 Å². The molecule has 0 aliphatic heterocycles. The zero-order valence-corrected chi connectivity index (χ0v) is 18.2. The first-order valence-electron chi connectivity index (χ1n) is 10.9. The minimum atomic E-state index is -0.764. The van der Waals surface area contributed by atoms with Crippen LogP contribution < -0.4 is 11.1 Å². The Hall–Kier alpha value is -4.00. The Labute approximate surface area is 192 Å². The summed E-state index contributed by atoms with van der Waals surface area (Å²) in [5, 5.41) is 12.0. The van der Waals surface area contributed by atoms with E-state index in [4.69, 9.17) is 10.8 Å². The maximum absolute atomic E-state index is 12.7. The number of aryl methyl sites for hydroxylation is 1. The van der Waals surface area contributed by atoms with E-state index in [9.17, 15) is 9.59 Å². The number of nitrogens with two attached hydrogens (primary N) is 1. The van der Waals surface area contributed by atoms with Gasteiger partial charge in [0.25, 0.3) is 5.91 Å². The van der Waals surface area contributed by atoms with E-state index >= 15 is 0 Å². The monoisotopic (exact) mass is 442 g/mol. The van der Waals surface area contributed by atoms with E-state index in [1.165, 1.54) is 5.56 Å². The maximum Gasteiger partial charge on any atom is 0.303 e. The highest BCUT2D eigenvalue weighted by Crippen LogP contribution is 2.29. The standard InChI is InChI=1S/C26H26N4O3/c27-25(29-16-17-9-11-28-12-10-17)20-3-5-21(6-4-20)26(33)30-23-8-7-19-2-1-18(14-24(31)32)13-22(19)15-23/h3-12,15,18H,1-2,13-14,16H2,(H2,27,29)(H,30,33)(H,31,32).